The Balaban J connectivity index is 1.95. The molecule has 3 heteroatoms. The first-order chi connectivity index (χ1) is 9.27. The van der Waals surface area contributed by atoms with Gasteiger partial charge in [0.05, 0.1) is 6.61 Å². The number of unbranched alkanes of at least 4 members (excludes halogenated alkanes) is 1. The maximum absolute atomic E-state index is 11.9. The molecule has 1 aliphatic heterocycles. The van der Waals surface area contributed by atoms with Crippen molar-refractivity contribution >= 4 is 5.97 Å². The third kappa shape index (κ3) is 3.57. The lowest BCUT2D eigenvalue weighted by Gasteiger charge is -2.04. The van der Waals surface area contributed by atoms with Crippen LogP contribution in [0.1, 0.15) is 38.7 Å². The molecule has 1 aromatic carbocycles. The van der Waals surface area contributed by atoms with Gasteiger partial charge < -0.3 is 4.74 Å². The number of esters is 1. The molecule has 3 unspecified atom stereocenters. The molecule has 104 valence electrons. The molecule has 1 heterocycles. The lowest BCUT2D eigenvalue weighted by molar-refractivity contribution is -0.143. The van der Waals surface area contributed by atoms with Gasteiger partial charge in [0.15, 0.2) is 0 Å². The van der Waals surface area contributed by atoms with Gasteiger partial charge in [0.2, 0.25) is 0 Å². The van der Waals surface area contributed by atoms with Crippen LogP contribution in [-0.4, -0.2) is 29.6 Å². The summed E-state index contributed by atoms with van der Waals surface area (Å²) in [5, 5.41) is 0. The number of carbonyl (C=O) groups is 1. The predicted octanol–water partition coefficient (Wildman–Crippen LogP) is 2.99. The van der Waals surface area contributed by atoms with E-state index in [1.165, 1.54) is 18.4 Å². The van der Waals surface area contributed by atoms with Gasteiger partial charge in [-0.15, -0.1) is 0 Å². The molecule has 1 fully saturated rings. The van der Waals surface area contributed by atoms with E-state index in [0.29, 0.717) is 12.6 Å². The Bertz CT molecular complexity index is 404. The van der Waals surface area contributed by atoms with Gasteiger partial charge in [-0.3, -0.25) is 9.69 Å². The molecule has 19 heavy (non-hydrogen) atoms. The molecule has 0 amide bonds. The van der Waals surface area contributed by atoms with Gasteiger partial charge in [-0.25, -0.2) is 0 Å². The molecule has 1 aliphatic rings. The number of benzene rings is 1. The number of hydrogen-bond acceptors (Lipinski definition) is 3. The SMILES string of the molecule is CCCCC1C(C(=O)OCC)N1Cc1ccccc1. The first-order valence-corrected chi connectivity index (χ1v) is 7.24. The third-order valence-corrected chi connectivity index (χ3v) is 3.65. The van der Waals surface area contributed by atoms with E-state index in [2.05, 4.69) is 24.0 Å². The molecule has 0 aromatic heterocycles. The molecule has 0 bridgehead atoms. The predicted molar refractivity (Wildman–Crippen MR) is 75.7 cm³/mol. The van der Waals surface area contributed by atoms with E-state index in [1.807, 2.05) is 25.1 Å². The van der Waals surface area contributed by atoms with Crippen molar-refractivity contribution in [1.82, 2.24) is 4.90 Å². The van der Waals surface area contributed by atoms with Crippen LogP contribution in [-0.2, 0) is 16.1 Å². The molecule has 0 radical (unpaired) electrons. The average Bonchev–Trinajstić information content (AvgIpc) is 3.10. The lowest BCUT2D eigenvalue weighted by Crippen LogP contribution is -2.16. The number of ether oxygens (including phenoxy) is 1. The van der Waals surface area contributed by atoms with Crippen LogP contribution in [0.15, 0.2) is 30.3 Å². The summed E-state index contributed by atoms with van der Waals surface area (Å²) in [4.78, 5) is 14.2. The van der Waals surface area contributed by atoms with E-state index in [1.54, 1.807) is 0 Å². The Labute approximate surface area is 115 Å². The fourth-order valence-corrected chi connectivity index (χ4v) is 2.60. The van der Waals surface area contributed by atoms with Crippen LogP contribution in [0.4, 0.5) is 0 Å². The van der Waals surface area contributed by atoms with E-state index in [0.717, 1.165) is 13.0 Å². The summed E-state index contributed by atoms with van der Waals surface area (Å²) in [6.45, 7) is 5.36. The van der Waals surface area contributed by atoms with Crippen LogP contribution >= 0.6 is 0 Å². The molecule has 2 rings (SSSR count). The maximum atomic E-state index is 11.9. The highest BCUT2D eigenvalue weighted by molar-refractivity contribution is 5.80. The van der Waals surface area contributed by atoms with Crippen molar-refractivity contribution in [2.45, 2.75) is 51.7 Å². The van der Waals surface area contributed by atoms with Gasteiger partial charge in [-0.2, -0.15) is 0 Å². The molecule has 3 nitrogen and oxygen atoms in total. The average molecular weight is 261 g/mol. The molecule has 0 aliphatic carbocycles. The van der Waals surface area contributed by atoms with Crippen LogP contribution in [0.25, 0.3) is 0 Å². The zero-order valence-corrected chi connectivity index (χ0v) is 11.8. The second-order valence-corrected chi connectivity index (χ2v) is 5.06. The largest absolute Gasteiger partial charge is 0.465 e. The Morgan fingerprint density at radius 2 is 2.00 bits per heavy atom. The second kappa shape index (κ2) is 6.71. The van der Waals surface area contributed by atoms with Gasteiger partial charge in [0, 0.05) is 12.6 Å². The molecule has 1 saturated heterocycles. The summed E-state index contributed by atoms with van der Waals surface area (Å²) >= 11 is 0. The fourth-order valence-electron chi connectivity index (χ4n) is 2.60. The van der Waals surface area contributed by atoms with Crippen molar-refractivity contribution in [3.8, 4) is 0 Å². The van der Waals surface area contributed by atoms with Crippen molar-refractivity contribution < 1.29 is 9.53 Å². The van der Waals surface area contributed by atoms with E-state index < -0.39 is 0 Å². The van der Waals surface area contributed by atoms with Crippen molar-refractivity contribution in [1.29, 1.82) is 0 Å². The van der Waals surface area contributed by atoms with E-state index in [-0.39, 0.29) is 12.0 Å². The minimum atomic E-state index is -0.0560. The van der Waals surface area contributed by atoms with Gasteiger partial charge in [-0.1, -0.05) is 50.1 Å². The monoisotopic (exact) mass is 261 g/mol. The molecular weight excluding hydrogens is 238 g/mol. The Kier molecular flexibility index (Phi) is 4.97. The third-order valence-electron chi connectivity index (χ3n) is 3.65. The first kappa shape index (κ1) is 14.1. The Morgan fingerprint density at radius 1 is 1.26 bits per heavy atom. The molecule has 0 spiro atoms. The minimum absolute atomic E-state index is 0.0216. The number of hydrogen-bond donors (Lipinski definition) is 0. The summed E-state index contributed by atoms with van der Waals surface area (Å²) in [7, 11) is 0. The normalized spacial score (nSPS) is 25.1. The first-order valence-electron chi connectivity index (χ1n) is 7.24. The highest BCUT2D eigenvalue weighted by atomic mass is 16.5. The zero-order chi connectivity index (χ0) is 13.7. The lowest BCUT2D eigenvalue weighted by atomic mass is 10.1. The molecular formula is C16H23NO2. The number of nitrogens with zero attached hydrogens (tertiary/aromatic N) is 1. The van der Waals surface area contributed by atoms with E-state index >= 15 is 0 Å². The van der Waals surface area contributed by atoms with Crippen molar-refractivity contribution in [2.24, 2.45) is 0 Å². The summed E-state index contributed by atoms with van der Waals surface area (Å²) < 4.78 is 5.16. The van der Waals surface area contributed by atoms with Crippen molar-refractivity contribution in [3.05, 3.63) is 35.9 Å². The quantitative estimate of drug-likeness (QED) is 0.558. The van der Waals surface area contributed by atoms with E-state index in [4.69, 9.17) is 4.74 Å². The van der Waals surface area contributed by atoms with Gasteiger partial charge in [-0.05, 0) is 18.9 Å². The topological polar surface area (TPSA) is 29.3 Å². The maximum Gasteiger partial charge on any atom is 0.325 e. The minimum Gasteiger partial charge on any atom is -0.465 e. The zero-order valence-electron chi connectivity index (χ0n) is 11.8. The summed E-state index contributed by atoms with van der Waals surface area (Å²) in [5.74, 6) is -0.0560. The summed E-state index contributed by atoms with van der Waals surface area (Å²) in [6, 6.07) is 10.7. The van der Waals surface area contributed by atoms with Crippen LogP contribution in [0.2, 0.25) is 0 Å². The smallest absolute Gasteiger partial charge is 0.325 e. The standard InChI is InChI=1S/C16H23NO2/c1-3-5-11-14-15(16(18)19-4-2)17(14)12-13-9-7-6-8-10-13/h6-10,14-15H,3-5,11-12H2,1-2H3. The summed E-state index contributed by atoms with van der Waals surface area (Å²) in [6.07, 6.45) is 3.43. The number of carbonyl (C=O) groups excluding carboxylic acids is 1. The van der Waals surface area contributed by atoms with Gasteiger partial charge >= 0.3 is 5.97 Å². The fraction of sp³-hybridized carbons (Fsp3) is 0.562. The van der Waals surface area contributed by atoms with Crippen molar-refractivity contribution in [2.75, 3.05) is 6.61 Å². The Hall–Kier alpha value is -1.35. The highest BCUT2D eigenvalue weighted by Crippen LogP contribution is 2.35. The molecule has 3 atom stereocenters. The van der Waals surface area contributed by atoms with Crippen LogP contribution in [0.5, 0.6) is 0 Å². The van der Waals surface area contributed by atoms with Crippen LogP contribution < -0.4 is 0 Å². The van der Waals surface area contributed by atoms with Crippen molar-refractivity contribution in [3.63, 3.8) is 0 Å². The van der Waals surface area contributed by atoms with Crippen LogP contribution in [0.3, 0.4) is 0 Å². The van der Waals surface area contributed by atoms with Crippen LogP contribution in [0, 0.1) is 0 Å². The van der Waals surface area contributed by atoms with Gasteiger partial charge in [0.1, 0.15) is 6.04 Å². The summed E-state index contributed by atoms with van der Waals surface area (Å²) in [5.41, 5.74) is 1.26. The molecule has 0 saturated carbocycles. The highest BCUT2D eigenvalue weighted by Gasteiger charge is 2.52. The molecule has 1 aromatic rings. The second-order valence-electron chi connectivity index (χ2n) is 5.06. The van der Waals surface area contributed by atoms with Gasteiger partial charge in [0.25, 0.3) is 0 Å². The number of rotatable bonds is 7. The molecule has 0 N–H and O–H groups in total. The van der Waals surface area contributed by atoms with E-state index in [9.17, 15) is 4.79 Å². The Morgan fingerprint density at radius 3 is 2.63 bits per heavy atom.